The van der Waals surface area contributed by atoms with Crippen molar-refractivity contribution in [2.75, 3.05) is 20.3 Å². The molecule has 2 aromatic rings. The standard InChI is InChI=1S/C19H18N2O3/c1-24-16-9-7-15(8-10-16)18-17(13-14-5-3-2-4-6-14)19(23)21(20-18)11-12-22/h2-10,13,22H,11-12H2,1H3. The van der Waals surface area contributed by atoms with E-state index in [2.05, 4.69) is 5.10 Å². The van der Waals surface area contributed by atoms with E-state index in [0.29, 0.717) is 11.3 Å². The fourth-order valence-electron chi connectivity index (χ4n) is 2.51. The summed E-state index contributed by atoms with van der Waals surface area (Å²) in [7, 11) is 1.61. The van der Waals surface area contributed by atoms with Gasteiger partial charge in [-0.15, -0.1) is 0 Å². The van der Waals surface area contributed by atoms with Crippen LogP contribution in [0.3, 0.4) is 0 Å². The van der Waals surface area contributed by atoms with E-state index in [0.717, 1.165) is 16.9 Å². The molecule has 2 aromatic carbocycles. The van der Waals surface area contributed by atoms with Crippen LogP contribution in [0, 0.1) is 0 Å². The van der Waals surface area contributed by atoms with Crippen LogP contribution in [0.1, 0.15) is 11.1 Å². The molecular formula is C19H18N2O3. The quantitative estimate of drug-likeness (QED) is 0.859. The Kier molecular flexibility index (Phi) is 4.72. The Balaban J connectivity index is 2.02. The molecule has 0 atom stereocenters. The third-order valence-electron chi connectivity index (χ3n) is 3.73. The summed E-state index contributed by atoms with van der Waals surface area (Å²) in [5, 5.41) is 14.8. The minimum atomic E-state index is -0.210. The van der Waals surface area contributed by atoms with Gasteiger partial charge < -0.3 is 9.84 Å². The molecule has 0 aliphatic carbocycles. The molecule has 0 spiro atoms. The lowest BCUT2D eigenvalue weighted by Crippen LogP contribution is -2.25. The second kappa shape index (κ2) is 7.10. The van der Waals surface area contributed by atoms with Gasteiger partial charge in [0, 0.05) is 5.56 Å². The Morgan fingerprint density at radius 2 is 1.83 bits per heavy atom. The van der Waals surface area contributed by atoms with Crippen LogP contribution in [-0.4, -0.2) is 42.0 Å². The van der Waals surface area contributed by atoms with E-state index in [1.807, 2.05) is 60.7 Å². The molecule has 0 fully saturated rings. The Bertz CT molecular complexity index is 780. The lowest BCUT2D eigenvalue weighted by atomic mass is 10.00. The van der Waals surface area contributed by atoms with Gasteiger partial charge in [0.2, 0.25) is 0 Å². The molecule has 0 radical (unpaired) electrons. The van der Waals surface area contributed by atoms with Crippen molar-refractivity contribution in [2.24, 2.45) is 5.10 Å². The summed E-state index contributed by atoms with van der Waals surface area (Å²) in [6, 6.07) is 17.0. The van der Waals surface area contributed by atoms with E-state index in [1.54, 1.807) is 7.11 Å². The van der Waals surface area contributed by atoms with Crippen LogP contribution < -0.4 is 4.74 Å². The molecule has 0 saturated carbocycles. The van der Waals surface area contributed by atoms with E-state index in [-0.39, 0.29) is 19.1 Å². The van der Waals surface area contributed by atoms with E-state index in [9.17, 15) is 4.79 Å². The van der Waals surface area contributed by atoms with E-state index in [1.165, 1.54) is 5.01 Å². The number of carbonyl (C=O) groups is 1. The molecule has 1 N–H and O–H groups in total. The second-order valence-electron chi connectivity index (χ2n) is 5.30. The highest BCUT2D eigenvalue weighted by molar-refractivity contribution is 6.33. The van der Waals surface area contributed by atoms with Gasteiger partial charge in [-0.25, -0.2) is 5.01 Å². The van der Waals surface area contributed by atoms with Crippen molar-refractivity contribution in [3.8, 4) is 5.75 Å². The van der Waals surface area contributed by atoms with Crippen molar-refractivity contribution < 1.29 is 14.6 Å². The molecule has 122 valence electrons. The van der Waals surface area contributed by atoms with Gasteiger partial charge >= 0.3 is 0 Å². The number of nitrogens with zero attached hydrogens (tertiary/aromatic N) is 2. The molecule has 1 aliphatic heterocycles. The first-order valence-electron chi connectivity index (χ1n) is 7.66. The average Bonchev–Trinajstić information content (AvgIpc) is 2.93. The summed E-state index contributed by atoms with van der Waals surface area (Å²) >= 11 is 0. The number of hydrogen-bond acceptors (Lipinski definition) is 4. The molecule has 1 heterocycles. The molecule has 1 aliphatic rings. The lowest BCUT2D eigenvalue weighted by Gasteiger charge is -2.08. The van der Waals surface area contributed by atoms with Crippen molar-refractivity contribution in [2.45, 2.75) is 0 Å². The Morgan fingerprint density at radius 1 is 1.12 bits per heavy atom. The van der Waals surface area contributed by atoms with Crippen LogP contribution in [0.5, 0.6) is 5.75 Å². The number of β-amino-alcohol motifs (C(OH)–C–C–N with tert-alkyl or cyclic N) is 1. The van der Waals surface area contributed by atoms with E-state index in [4.69, 9.17) is 9.84 Å². The van der Waals surface area contributed by atoms with E-state index < -0.39 is 0 Å². The van der Waals surface area contributed by atoms with Gasteiger partial charge in [-0.2, -0.15) is 5.10 Å². The number of aliphatic hydroxyl groups is 1. The van der Waals surface area contributed by atoms with E-state index >= 15 is 0 Å². The highest BCUT2D eigenvalue weighted by Gasteiger charge is 2.30. The summed E-state index contributed by atoms with van der Waals surface area (Å²) in [6.07, 6.45) is 1.82. The van der Waals surface area contributed by atoms with Crippen LogP contribution in [-0.2, 0) is 4.79 Å². The molecule has 5 heteroatoms. The number of benzene rings is 2. The maximum absolute atomic E-state index is 12.6. The second-order valence-corrected chi connectivity index (χ2v) is 5.30. The number of ether oxygens (including phenoxy) is 1. The van der Waals surface area contributed by atoms with Gasteiger partial charge in [0.25, 0.3) is 5.91 Å². The fraction of sp³-hybridized carbons (Fsp3) is 0.158. The predicted octanol–water partition coefficient (Wildman–Crippen LogP) is 2.32. The third kappa shape index (κ3) is 3.21. The number of hydrazone groups is 1. The number of hydrogen-bond donors (Lipinski definition) is 1. The van der Waals surface area contributed by atoms with Gasteiger partial charge in [-0.05, 0) is 35.9 Å². The summed E-state index contributed by atoms with van der Waals surface area (Å²) in [5.74, 6) is 0.531. The van der Waals surface area contributed by atoms with Crippen LogP contribution >= 0.6 is 0 Å². The number of rotatable bonds is 5. The van der Waals surface area contributed by atoms with Crippen molar-refractivity contribution >= 4 is 17.7 Å². The molecule has 24 heavy (non-hydrogen) atoms. The largest absolute Gasteiger partial charge is 0.497 e. The Morgan fingerprint density at radius 3 is 2.46 bits per heavy atom. The maximum atomic E-state index is 12.6. The van der Waals surface area contributed by atoms with Crippen molar-refractivity contribution in [3.05, 3.63) is 71.3 Å². The number of amides is 1. The highest BCUT2D eigenvalue weighted by Crippen LogP contribution is 2.24. The molecule has 0 unspecified atom stereocenters. The molecule has 0 saturated heterocycles. The van der Waals surface area contributed by atoms with Gasteiger partial charge in [0.1, 0.15) is 11.5 Å². The van der Waals surface area contributed by atoms with Gasteiger partial charge in [0.15, 0.2) is 0 Å². The van der Waals surface area contributed by atoms with Crippen molar-refractivity contribution in [3.63, 3.8) is 0 Å². The van der Waals surface area contributed by atoms with Gasteiger partial charge in [-0.3, -0.25) is 4.79 Å². The molecular weight excluding hydrogens is 304 g/mol. The third-order valence-corrected chi connectivity index (χ3v) is 3.73. The average molecular weight is 322 g/mol. The molecule has 1 amide bonds. The summed E-state index contributed by atoms with van der Waals surface area (Å²) in [6.45, 7) is 0.0361. The zero-order valence-corrected chi connectivity index (χ0v) is 13.3. The molecule has 0 aromatic heterocycles. The monoisotopic (exact) mass is 322 g/mol. The van der Waals surface area contributed by atoms with Crippen molar-refractivity contribution in [1.82, 2.24) is 5.01 Å². The van der Waals surface area contributed by atoms with Crippen LogP contribution in [0.4, 0.5) is 0 Å². The first kappa shape index (κ1) is 16.0. The summed E-state index contributed by atoms with van der Waals surface area (Å²) < 4.78 is 5.17. The molecule has 5 nitrogen and oxygen atoms in total. The topological polar surface area (TPSA) is 62.1 Å². The van der Waals surface area contributed by atoms with Crippen LogP contribution in [0.25, 0.3) is 6.08 Å². The van der Waals surface area contributed by atoms with Crippen LogP contribution in [0.2, 0.25) is 0 Å². The number of carbonyl (C=O) groups excluding carboxylic acids is 1. The summed E-state index contributed by atoms with van der Waals surface area (Å²) in [4.78, 5) is 12.6. The van der Waals surface area contributed by atoms with Crippen LogP contribution in [0.15, 0.2) is 65.3 Å². The Labute approximate surface area is 140 Å². The maximum Gasteiger partial charge on any atom is 0.276 e. The first-order chi connectivity index (χ1) is 11.7. The zero-order valence-electron chi connectivity index (χ0n) is 13.3. The zero-order chi connectivity index (χ0) is 16.9. The van der Waals surface area contributed by atoms with Crippen molar-refractivity contribution in [1.29, 1.82) is 0 Å². The minimum Gasteiger partial charge on any atom is -0.497 e. The molecule has 0 bridgehead atoms. The normalized spacial score (nSPS) is 15.8. The van der Waals surface area contributed by atoms with Gasteiger partial charge in [0.05, 0.1) is 25.8 Å². The number of aliphatic hydroxyl groups excluding tert-OH is 1. The SMILES string of the molecule is COc1ccc(C2=NN(CCO)C(=O)C2=Cc2ccccc2)cc1. The summed E-state index contributed by atoms with van der Waals surface area (Å²) in [5.41, 5.74) is 2.86. The highest BCUT2D eigenvalue weighted by atomic mass is 16.5. The van der Waals surface area contributed by atoms with Gasteiger partial charge in [-0.1, -0.05) is 30.3 Å². The number of methoxy groups -OCH3 is 1. The first-order valence-corrected chi connectivity index (χ1v) is 7.66. The molecule has 3 rings (SSSR count). The minimum absolute atomic E-state index is 0.135. The predicted molar refractivity (Wildman–Crippen MR) is 92.7 cm³/mol. The lowest BCUT2D eigenvalue weighted by molar-refractivity contribution is -0.126. The smallest absolute Gasteiger partial charge is 0.276 e. The fourth-order valence-corrected chi connectivity index (χ4v) is 2.51. The Hall–Kier alpha value is -2.92.